The summed E-state index contributed by atoms with van der Waals surface area (Å²) < 4.78 is 19.9. The number of amides is 4. The van der Waals surface area contributed by atoms with Gasteiger partial charge in [0.05, 0.1) is 22.6 Å². The summed E-state index contributed by atoms with van der Waals surface area (Å²) in [4.78, 5) is 51.6. The lowest BCUT2D eigenvalue weighted by atomic mass is 10.0. The SMILES string of the molecule is O=C1CCC(N2C(=O)c3ccc(NCCCOCCOc4ccc(Oc5c(-c6ccc(Br)cc6)sc6cc(O)ccc56)cc4)cc3C2=O)C(=O)N1. The number of benzene rings is 4. The number of phenolic OH excluding ortho intramolecular Hbond substituents is 1. The molecule has 1 aromatic heterocycles. The Labute approximate surface area is 305 Å². The highest BCUT2D eigenvalue weighted by Gasteiger charge is 2.44. The van der Waals surface area contributed by atoms with Gasteiger partial charge < -0.3 is 24.6 Å². The third-order valence-electron chi connectivity index (χ3n) is 8.51. The van der Waals surface area contributed by atoms with E-state index in [0.29, 0.717) is 50.0 Å². The summed E-state index contributed by atoms with van der Waals surface area (Å²) in [6, 6.07) is 24.6. The van der Waals surface area contributed by atoms with Gasteiger partial charge in [-0.1, -0.05) is 28.1 Å². The number of ether oxygens (including phenoxy) is 3. The molecule has 51 heavy (non-hydrogen) atoms. The number of phenols is 1. The number of imide groups is 2. The van der Waals surface area contributed by atoms with Gasteiger partial charge in [0.2, 0.25) is 11.8 Å². The van der Waals surface area contributed by atoms with Gasteiger partial charge in [-0.3, -0.25) is 29.4 Å². The van der Waals surface area contributed by atoms with Crippen molar-refractivity contribution in [1.82, 2.24) is 10.2 Å². The van der Waals surface area contributed by atoms with Gasteiger partial charge in [-0.15, -0.1) is 11.3 Å². The average molecular weight is 771 g/mol. The molecule has 1 unspecified atom stereocenters. The Morgan fingerprint density at radius 2 is 1.63 bits per heavy atom. The average Bonchev–Trinajstić information content (AvgIpc) is 3.59. The molecule has 11 nitrogen and oxygen atoms in total. The normalized spacial score (nSPS) is 15.6. The van der Waals surface area contributed by atoms with Crippen LogP contribution in [0.15, 0.2) is 89.4 Å². The maximum atomic E-state index is 13.0. The van der Waals surface area contributed by atoms with Crippen LogP contribution in [0.2, 0.25) is 0 Å². The van der Waals surface area contributed by atoms with Crippen LogP contribution in [0.25, 0.3) is 20.5 Å². The molecular formula is C38H32BrN3O8S. The summed E-state index contributed by atoms with van der Waals surface area (Å²) in [5.41, 5.74) is 2.16. The van der Waals surface area contributed by atoms with Crippen LogP contribution in [0.5, 0.6) is 23.0 Å². The highest BCUT2D eigenvalue weighted by molar-refractivity contribution is 9.10. The molecule has 3 heterocycles. The van der Waals surface area contributed by atoms with Crippen molar-refractivity contribution in [2.24, 2.45) is 0 Å². The molecule has 1 atom stereocenters. The molecule has 0 spiro atoms. The number of carbonyl (C=O) groups is 4. The Morgan fingerprint density at radius 3 is 2.41 bits per heavy atom. The maximum Gasteiger partial charge on any atom is 0.262 e. The molecule has 260 valence electrons. The quantitative estimate of drug-likeness (QED) is 0.0842. The second-order valence-electron chi connectivity index (χ2n) is 12.0. The van der Waals surface area contributed by atoms with Gasteiger partial charge in [0.1, 0.15) is 29.9 Å². The second-order valence-corrected chi connectivity index (χ2v) is 13.9. The number of piperidine rings is 1. The van der Waals surface area contributed by atoms with Crippen molar-refractivity contribution in [3.63, 3.8) is 0 Å². The molecule has 5 aromatic rings. The number of rotatable bonds is 13. The Kier molecular flexibility index (Phi) is 10.0. The van der Waals surface area contributed by atoms with Gasteiger partial charge in [0.25, 0.3) is 11.8 Å². The van der Waals surface area contributed by atoms with Crippen LogP contribution in [-0.4, -0.2) is 66.0 Å². The Bertz CT molecular complexity index is 2130. The zero-order valence-electron chi connectivity index (χ0n) is 27.1. The summed E-state index contributed by atoms with van der Waals surface area (Å²) in [7, 11) is 0. The van der Waals surface area contributed by atoms with E-state index in [9.17, 15) is 24.3 Å². The minimum Gasteiger partial charge on any atom is -0.508 e. The molecule has 1 saturated heterocycles. The lowest BCUT2D eigenvalue weighted by Gasteiger charge is -2.27. The molecule has 0 saturated carbocycles. The van der Waals surface area contributed by atoms with Gasteiger partial charge in [-0.25, -0.2) is 0 Å². The largest absolute Gasteiger partial charge is 0.508 e. The molecule has 4 aromatic carbocycles. The fraction of sp³-hybridized carbons (Fsp3) is 0.211. The van der Waals surface area contributed by atoms with Crippen LogP contribution < -0.4 is 20.1 Å². The number of carbonyl (C=O) groups excluding carboxylic acids is 4. The molecule has 7 rings (SSSR count). The predicted octanol–water partition coefficient (Wildman–Crippen LogP) is 7.13. The van der Waals surface area contributed by atoms with Crippen molar-refractivity contribution in [3.8, 4) is 33.4 Å². The fourth-order valence-electron chi connectivity index (χ4n) is 5.98. The van der Waals surface area contributed by atoms with Crippen LogP contribution in [0.1, 0.15) is 40.0 Å². The van der Waals surface area contributed by atoms with Gasteiger partial charge in [-0.2, -0.15) is 0 Å². The number of thiophene rings is 1. The lowest BCUT2D eigenvalue weighted by Crippen LogP contribution is -2.54. The summed E-state index contributed by atoms with van der Waals surface area (Å²) in [6.45, 7) is 1.82. The summed E-state index contributed by atoms with van der Waals surface area (Å²) >= 11 is 5.05. The summed E-state index contributed by atoms with van der Waals surface area (Å²) in [6.07, 6.45) is 0.882. The minimum atomic E-state index is -0.993. The van der Waals surface area contributed by atoms with E-state index >= 15 is 0 Å². The van der Waals surface area contributed by atoms with E-state index in [1.165, 1.54) is 0 Å². The molecule has 0 aliphatic carbocycles. The fourth-order valence-corrected chi connectivity index (χ4v) is 7.42. The third-order valence-corrected chi connectivity index (χ3v) is 10.2. The summed E-state index contributed by atoms with van der Waals surface area (Å²) in [5.74, 6) is 0.156. The molecule has 0 radical (unpaired) electrons. The number of halogens is 1. The van der Waals surface area contributed by atoms with Crippen molar-refractivity contribution < 1.29 is 38.5 Å². The van der Waals surface area contributed by atoms with Crippen LogP contribution in [-0.2, 0) is 14.3 Å². The van der Waals surface area contributed by atoms with Gasteiger partial charge >= 0.3 is 0 Å². The number of aromatic hydroxyl groups is 1. The summed E-state index contributed by atoms with van der Waals surface area (Å²) in [5, 5.41) is 16.4. The first-order valence-electron chi connectivity index (χ1n) is 16.3. The van der Waals surface area contributed by atoms with Crippen LogP contribution in [0.4, 0.5) is 5.69 Å². The number of nitrogens with one attached hydrogen (secondary N) is 2. The number of anilines is 1. The molecule has 0 bridgehead atoms. The predicted molar refractivity (Wildman–Crippen MR) is 196 cm³/mol. The van der Waals surface area contributed by atoms with E-state index in [0.717, 1.165) is 35.6 Å². The molecule has 4 amide bonds. The highest BCUT2D eigenvalue weighted by atomic mass is 79.9. The second kappa shape index (κ2) is 14.9. The highest BCUT2D eigenvalue weighted by Crippen LogP contribution is 2.47. The molecule has 3 N–H and O–H groups in total. The van der Waals surface area contributed by atoms with Crippen molar-refractivity contribution in [2.45, 2.75) is 25.3 Å². The van der Waals surface area contributed by atoms with E-state index < -0.39 is 29.7 Å². The number of nitrogens with zero attached hydrogens (tertiary/aromatic N) is 1. The number of hydrogen-bond donors (Lipinski definition) is 3. The third kappa shape index (κ3) is 7.46. The van der Waals surface area contributed by atoms with E-state index in [4.69, 9.17) is 14.2 Å². The smallest absolute Gasteiger partial charge is 0.262 e. The number of hydrogen-bond acceptors (Lipinski definition) is 10. The van der Waals surface area contributed by atoms with Crippen molar-refractivity contribution in [2.75, 3.05) is 31.7 Å². The van der Waals surface area contributed by atoms with Crippen molar-refractivity contribution in [3.05, 3.63) is 101 Å². The van der Waals surface area contributed by atoms with Crippen LogP contribution >= 0.6 is 27.3 Å². The molecule has 1 fully saturated rings. The first-order valence-corrected chi connectivity index (χ1v) is 18.0. The van der Waals surface area contributed by atoms with E-state index in [2.05, 4.69) is 26.6 Å². The zero-order chi connectivity index (χ0) is 35.5. The Balaban J connectivity index is 0.851. The lowest BCUT2D eigenvalue weighted by molar-refractivity contribution is -0.136. The van der Waals surface area contributed by atoms with Crippen LogP contribution in [0, 0.1) is 0 Å². The van der Waals surface area contributed by atoms with Gasteiger partial charge in [-0.05, 0) is 91.2 Å². The van der Waals surface area contributed by atoms with Crippen molar-refractivity contribution in [1.29, 1.82) is 0 Å². The molecular weight excluding hydrogens is 738 g/mol. The Morgan fingerprint density at radius 1 is 0.863 bits per heavy atom. The minimum absolute atomic E-state index is 0.0747. The van der Waals surface area contributed by atoms with Crippen molar-refractivity contribution >= 4 is 66.7 Å². The van der Waals surface area contributed by atoms with E-state index in [1.54, 1.807) is 41.7 Å². The zero-order valence-corrected chi connectivity index (χ0v) is 29.6. The Hall–Kier alpha value is -5.24. The van der Waals surface area contributed by atoms with E-state index in [-0.39, 0.29) is 29.7 Å². The molecule has 2 aliphatic heterocycles. The standard InChI is InChI=1S/C38H32BrN3O8S/c39-23-4-2-22(3-5-23)35-34(29-13-7-25(43)21-32(29)51-35)50-27-10-8-26(9-11-27)49-19-18-48-17-1-16-40-24-6-12-28-30(20-24)38(47)42(37(28)46)31-14-15-33(44)41-36(31)45/h2-13,20-21,31,40,43H,1,14-19H2,(H,41,44,45). The first kappa shape index (κ1) is 34.2. The van der Waals surface area contributed by atoms with Crippen LogP contribution in [0.3, 0.4) is 0 Å². The van der Waals surface area contributed by atoms with Gasteiger partial charge in [0, 0.05) is 39.8 Å². The topological polar surface area (TPSA) is 144 Å². The monoisotopic (exact) mass is 769 g/mol. The first-order chi connectivity index (χ1) is 24.7. The molecule has 2 aliphatic rings. The van der Waals surface area contributed by atoms with E-state index in [1.807, 2.05) is 54.6 Å². The van der Waals surface area contributed by atoms with Gasteiger partial charge in [0.15, 0.2) is 5.75 Å². The number of fused-ring (bicyclic) bond motifs is 2. The maximum absolute atomic E-state index is 13.0. The molecule has 13 heteroatoms.